The van der Waals surface area contributed by atoms with E-state index in [1.807, 2.05) is 0 Å². The smallest absolute Gasteiger partial charge is 0.251 e. The van der Waals surface area contributed by atoms with Crippen LogP contribution in [-0.2, 0) is 6.42 Å². The number of thiocarbonyl (C=S) groups is 1. The van der Waals surface area contributed by atoms with E-state index < -0.39 is 0 Å². The van der Waals surface area contributed by atoms with E-state index >= 15 is 0 Å². The summed E-state index contributed by atoms with van der Waals surface area (Å²) >= 11 is 4.85. The van der Waals surface area contributed by atoms with Crippen LogP contribution in [0.3, 0.4) is 0 Å². The van der Waals surface area contributed by atoms with Crippen molar-refractivity contribution >= 4 is 23.1 Å². The number of benzene rings is 2. The minimum Gasteiger partial charge on any atom is -0.389 e. The third-order valence-electron chi connectivity index (χ3n) is 3.07. The average molecular weight is 302 g/mol. The normalized spacial score (nSPS) is 10.1. The van der Waals surface area contributed by atoms with E-state index in [0.717, 1.165) is 0 Å². The van der Waals surface area contributed by atoms with Crippen LogP contribution in [0.15, 0.2) is 48.5 Å². The van der Waals surface area contributed by atoms with E-state index in [9.17, 15) is 9.18 Å². The summed E-state index contributed by atoms with van der Waals surface area (Å²) in [6.45, 7) is 0.372. The molecule has 0 aliphatic carbocycles. The van der Waals surface area contributed by atoms with Crippen molar-refractivity contribution in [1.82, 2.24) is 5.32 Å². The Hall–Kier alpha value is -2.27. The molecule has 0 saturated carbocycles. The number of halogens is 1. The molecule has 0 unspecified atom stereocenters. The number of carbonyl (C=O) groups excluding carboxylic acids is 1. The molecule has 3 nitrogen and oxygen atoms in total. The highest BCUT2D eigenvalue weighted by Crippen LogP contribution is 2.07. The molecule has 2 aromatic rings. The Labute approximate surface area is 128 Å². The molecule has 0 atom stereocenters. The molecule has 1 amide bonds. The molecule has 0 radical (unpaired) electrons. The van der Waals surface area contributed by atoms with Crippen LogP contribution in [-0.4, -0.2) is 17.4 Å². The van der Waals surface area contributed by atoms with Gasteiger partial charge in [-0.1, -0.05) is 42.5 Å². The number of hydrogen-bond acceptors (Lipinski definition) is 2. The van der Waals surface area contributed by atoms with Crippen molar-refractivity contribution in [2.45, 2.75) is 6.42 Å². The highest BCUT2D eigenvalue weighted by molar-refractivity contribution is 7.80. The molecule has 2 rings (SSSR count). The highest BCUT2D eigenvalue weighted by atomic mass is 32.1. The molecule has 0 bridgehead atoms. The van der Waals surface area contributed by atoms with Gasteiger partial charge in [0, 0.05) is 17.7 Å². The zero-order chi connectivity index (χ0) is 15.2. The van der Waals surface area contributed by atoms with Crippen LogP contribution in [0.5, 0.6) is 0 Å². The fourth-order valence-electron chi connectivity index (χ4n) is 1.90. The average Bonchev–Trinajstić information content (AvgIpc) is 2.49. The van der Waals surface area contributed by atoms with Crippen LogP contribution >= 0.6 is 12.2 Å². The summed E-state index contributed by atoms with van der Waals surface area (Å²) in [7, 11) is 0. The topological polar surface area (TPSA) is 55.1 Å². The fraction of sp³-hybridized carbons (Fsp3) is 0.125. The van der Waals surface area contributed by atoms with Crippen LogP contribution in [0.2, 0.25) is 0 Å². The lowest BCUT2D eigenvalue weighted by Crippen LogP contribution is -2.26. The summed E-state index contributed by atoms with van der Waals surface area (Å²) in [5.41, 5.74) is 7.31. The first-order valence-electron chi connectivity index (χ1n) is 6.49. The highest BCUT2D eigenvalue weighted by Gasteiger charge is 2.06. The molecule has 3 N–H and O–H groups in total. The third-order valence-corrected chi connectivity index (χ3v) is 3.31. The van der Waals surface area contributed by atoms with Crippen molar-refractivity contribution in [3.63, 3.8) is 0 Å². The van der Waals surface area contributed by atoms with Crippen molar-refractivity contribution < 1.29 is 9.18 Å². The Balaban J connectivity index is 1.90. The van der Waals surface area contributed by atoms with Gasteiger partial charge in [0.05, 0.1) is 0 Å². The number of hydrogen-bond donors (Lipinski definition) is 2. The summed E-state index contributed by atoms with van der Waals surface area (Å²) in [5.74, 6) is -0.464. The summed E-state index contributed by atoms with van der Waals surface area (Å²) in [5, 5.41) is 2.75. The van der Waals surface area contributed by atoms with Gasteiger partial charge in [-0.05, 0) is 30.2 Å². The van der Waals surface area contributed by atoms with Gasteiger partial charge < -0.3 is 11.1 Å². The lowest BCUT2D eigenvalue weighted by molar-refractivity contribution is 0.0954. The second-order valence-electron chi connectivity index (χ2n) is 4.54. The van der Waals surface area contributed by atoms with Gasteiger partial charge in [0.25, 0.3) is 5.91 Å². The predicted molar refractivity (Wildman–Crippen MR) is 84.8 cm³/mol. The Morgan fingerprint density at radius 1 is 1.10 bits per heavy atom. The third kappa shape index (κ3) is 4.10. The number of nitrogens with two attached hydrogens (primary N) is 1. The van der Waals surface area contributed by atoms with Crippen LogP contribution in [0.1, 0.15) is 21.5 Å². The summed E-state index contributed by atoms with van der Waals surface area (Å²) in [6, 6.07) is 13.3. The van der Waals surface area contributed by atoms with E-state index in [2.05, 4.69) is 5.32 Å². The van der Waals surface area contributed by atoms with Gasteiger partial charge in [-0.15, -0.1) is 0 Å². The van der Waals surface area contributed by atoms with Crippen molar-refractivity contribution in [2.75, 3.05) is 6.54 Å². The van der Waals surface area contributed by atoms with E-state index in [-0.39, 0.29) is 11.7 Å². The zero-order valence-electron chi connectivity index (χ0n) is 11.3. The molecule has 5 heteroatoms. The van der Waals surface area contributed by atoms with Crippen molar-refractivity contribution in [3.05, 3.63) is 71.0 Å². The number of nitrogens with one attached hydrogen (secondary N) is 1. The van der Waals surface area contributed by atoms with Gasteiger partial charge in [-0.25, -0.2) is 4.39 Å². The molecule has 0 heterocycles. The molecule has 0 aliphatic heterocycles. The van der Waals surface area contributed by atoms with E-state index in [1.165, 1.54) is 6.07 Å². The lowest BCUT2D eigenvalue weighted by atomic mass is 10.1. The van der Waals surface area contributed by atoms with Crippen LogP contribution < -0.4 is 11.1 Å². The number of carbonyl (C=O) groups is 1. The fourth-order valence-corrected chi connectivity index (χ4v) is 2.04. The van der Waals surface area contributed by atoms with E-state index in [0.29, 0.717) is 34.6 Å². The van der Waals surface area contributed by atoms with Crippen molar-refractivity contribution in [2.24, 2.45) is 5.73 Å². The molecular weight excluding hydrogens is 287 g/mol. The maximum Gasteiger partial charge on any atom is 0.251 e. The monoisotopic (exact) mass is 302 g/mol. The predicted octanol–water partition coefficient (Wildman–Crippen LogP) is 2.43. The molecule has 21 heavy (non-hydrogen) atoms. The zero-order valence-corrected chi connectivity index (χ0v) is 12.1. The standard InChI is InChI=1S/C16H15FN2OS/c17-14-4-2-1-3-11(14)9-10-19-16(20)13-7-5-12(6-8-13)15(18)21/h1-8H,9-10H2,(H2,18,21)(H,19,20). The number of rotatable bonds is 5. The Kier molecular flexibility index (Phi) is 5.00. The Morgan fingerprint density at radius 3 is 2.33 bits per heavy atom. The molecule has 0 fully saturated rings. The summed E-state index contributed by atoms with van der Waals surface area (Å²) < 4.78 is 13.4. The minimum absolute atomic E-state index is 0.208. The lowest BCUT2D eigenvalue weighted by Gasteiger charge is -2.07. The van der Waals surface area contributed by atoms with E-state index in [1.54, 1.807) is 42.5 Å². The van der Waals surface area contributed by atoms with Crippen LogP contribution in [0, 0.1) is 5.82 Å². The first kappa shape index (κ1) is 15.1. The van der Waals surface area contributed by atoms with Gasteiger partial charge in [0.1, 0.15) is 10.8 Å². The summed E-state index contributed by atoms with van der Waals surface area (Å²) in [6.07, 6.45) is 0.448. The molecule has 0 spiro atoms. The van der Waals surface area contributed by atoms with Crippen molar-refractivity contribution in [3.8, 4) is 0 Å². The van der Waals surface area contributed by atoms with Crippen LogP contribution in [0.4, 0.5) is 4.39 Å². The minimum atomic E-state index is -0.257. The van der Waals surface area contributed by atoms with Gasteiger partial charge in [-0.2, -0.15) is 0 Å². The first-order valence-corrected chi connectivity index (χ1v) is 6.90. The molecule has 0 aromatic heterocycles. The molecule has 108 valence electrons. The molecule has 2 aromatic carbocycles. The quantitative estimate of drug-likeness (QED) is 0.834. The van der Waals surface area contributed by atoms with E-state index in [4.69, 9.17) is 18.0 Å². The Bertz CT molecular complexity index is 656. The molecular formula is C16H15FN2OS. The van der Waals surface area contributed by atoms with Gasteiger partial charge in [0.2, 0.25) is 0 Å². The molecule has 0 saturated heterocycles. The Morgan fingerprint density at radius 2 is 1.71 bits per heavy atom. The second-order valence-corrected chi connectivity index (χ2v) is 4.98. The maximum atomic E-state index is 13.4. The van der Waals surface area contributed by atoms with Gasteiger partial charge >= 0.3 is 0 Å². The number of amides is 1. The van der Waals surface area contributed by atoms with Crippen LogP contribution in [0.25, 0.3) is 0 Å². The largest absolute Gasteiger partial charge is 0.389 e. The first-order chi connectivity index (χ1) is 10.1. The maximum absolute atomic E-state index is 13.4. The van der Waals surface area contributed by atoms with Gasteiger partial charge in [0.15, 0.2) is 0 Å². The van der Waals surface area contributed by atoms with Crippen molar-refractivity contribution in [1.29, 1.82) is 0 Å². The molecule has 0 aliphatic rings. The van der Waals surface area contributed by atoms with Gasteiger partial charge in [-0.3, -0.25) is 4.79 Å². The second kappa shape index (κ2) is 6.95. The summed E-state index contributed by atoms with van der Waals surface area (Å²) in [4.78, 5) is 12.2. The SMILES string of the molecule is NC(=S)c1ccc(C(=O)NCCc2ccccc2F)cc1.